The monoisotopic (exact) mass is 268 g/mol. The van der Waals surface area contributed by atoms with Crippen LogP contribution in [-0.2, 0) is 0 Å². The maximum Gasteiger partial charge on any atom is -0.0298 e. The molecular weight excluding hydrogens is 228 g/mol. The average Bonchev–Trinajstić information content (AvgIpc) is 2.33. The van der Waals surface area contributed by atoms with Crippen molar-refractivity contribution in [3.05, 3.63) is 0 Å². The molecule has 0 bridgehead atoms. The summed E-state index contributed by atoms with van der Waals surface area (Å²) in [5.74, 6) is 5.47. The average molecular weight is 269 g/mol. The van der Waals surface area contributed by atoms with Crippen LogP contribution in [0.4, 0.5) is 0 Å². The minimum absolute atomic E-state index is 0.409. The smallest absolute Gasteiger partial charge is 0.0298 e. The Hall–Kier alpha value is 0. The van der Waals surface area contributed by atoms with E-state index in [-0.39, 0.29) is 0 Å². The van der Waals surface area contributed by atoms with Crippen LogP contribution < -0.4 is 0 Å². The van der Waals surface area contributed by atoms with E-state index in [0.717, 1.165) is 41.4 Å². The van der Waals surface area contributed by atoms with Gasteiger partial charge in [0.15, 0.2) is 0 Å². The molecule has 0 aliphatic rings. The summed E-state index contributed by atoms with van der Waals surface area (Å²) < 4.78 is 0. The lowest BCUT2D eigenvalue weighted by Crippen LogP contribution is -2.39. The Balaban J connectivity index is 4.98. The normalized spacial score (nSPS) is 21.3. The van der Waals surface area contributed by atoms with E-state index < -0.39 is 0 Å². The molecule has 0 saturated carbocycles. The van der Waals surface area contributed by atoms with Crippen molar-refractivity contribution in [3.63, 3.8) is 0 Å². The second-order valence-electron chi connectivity index (χ2n) is 8.46. The molecule has 0 aliphatic heterocycles. The molecule has 0 spiro atoms. The maximum atomic E-state index is 2.49. The lowest BCUT2D eigenvalue weighted by molar-refractivity contribution is 0.0269. The minimum Gasteiger partial charge on any atom is -0.0625 e. The maximum absolute atomic E-state index is 2.49. The first-order valence-corrected chi connectivity index (χ1v) is 8.44. The van der Waals surface area contributed by atoms with E-state index in [1.165, 1.54) is 0 Å². The van der Waals surface area contributed by atoms with Crippen LogP contribution >= 0.6 is 0 Å². The predicted molar refractivity (Wildman–Crippen MR) is 89.3 cm³/mol. The Morgan fingerprint density at radius 1 is 0.474 bits per heavy atom. The molecule has 0 heteroatoms. The molecule has 0 fully saturated rings. The van der Waals surface area contributed by atoms with Gasteiger partial charge in [-0.3, -0.25) is 0 Å². The molecule has 5 atom stereocenters. The second-order valence-corrected chi connectivity index (χ2v) is 8.46. The zero-order valence-electron chi connectivity index (χ0n) is 15.5. The van der Waals surface area contributed by atoms with Crippen molar-refractivity contribution in [1.29, 1.82) is 0 Å². The first-order chi connectivity index (χ1) is 8.44. The fourth-order valence-electron chi connectivity index (χ4n) is 3.41. The fourth-order valence-corrected chi connectivity index (χ4v) is 3.41. The Morgan fingerprint density at radius 3 is 1.11 bits per heavy atom. The van der Waals surface area contributed by atoms with Crippen LogP contribution in [0.5, 0.6) is 0 Å². The standard InChI is InChI=1S/C19H40/c1-12(2)14(5)16(7)18(9)19(10,11)17(8)15(6)13(3)4/h12-18H,1-11H3. The summed E-state index contributed by atoms with van der Waals surface area (Å²) in [6.07, 6.45) is 0. The summed E-state index contributed by atoms with van der Waals surface area (Å²) >= 11 is 0. The Kier molecular flexibility index (Phi) is 7.14. The second kappa shape index (κ2) is 7.14. The third-order valence-electron chi connectivity index (χ3n) is 6.86. The highest BCUT2D eigenvalue weighted by Crippen LogP contribution is 2.46. The SMILES string of the molecule is CC(C)C(C)C(C)C(C)C(C)(C)C(C)C(C)C(C)C. The molecule has 0 saturated heterocycles. The van der Waals surface area contributed by atoms with Gasteiger partial charge < -0.3 is 0 Å². The van der Waals surface area contributed by atoms with Crippen molar-refractivity contribution in [2.24, 2.45) is 46.8 Å². The van der Waals surface area contributed by atoms with Gasteiger partial charge in [0, 0.05) is 0 Å². The first kappa shape index (κ1) is 19.0. The first-order valence-electron chi connectivity index (χ1n) is 8.44. The zero-order chi connectivity index (χ0) is 15.5. The molecule has 116 valence electrons. The summed E-state index contributed by atoms with van der Waals surface area (Å²) in [7, 11) is 0. The van der Waals surface area contributed by atoms with E-state index in [0.29, 0.717) is 5.41 Å². The third kappa shape index (κ3) is 4.50. The molecule has 0 nitrogen and oxygen atoms in total. The van der Waals surface area contributed by atoms with E-state index in [4.69, 9.17) is 0 Å². The lowest BCUT2D eigenvalue weighted by atomic mass is 9.59. The highest BCUT2D eigenvalue weighted by Gasteiger charge is 2.39. The van der Waals surface area contributed by atoms with Gasteiger partial charge in [-0.15, -0.1) is 0 Å². The Bertz CT molecular complexity index is 249. The summed E-state index contributed by atoms with van der Waals surface area (Å²) in [5.41, 5.74) is 0.409. The highest BCUT2D eigenvalue weighted by atomic mass is 14.4. The lowest BCUT2D eigenvalue weighted by Gasteiger charge is -2.46. The van der Waals surface area contributed by atoms with E-state index in [9.17, 15) is 0 Å². The van der Waals surface area contributed by atoms with Crippen molar-refractivity contribution in [3.8, 4) is 0 Å². The molecule has 0 rings (SSSR count). The predicted octanol–water partition coefficient (Wildman–Crippen LogP) is 6.51. The molecule has 0 aromatic carbocycles. The van der Waals surface area contributed by atoms with Gasteiger partial charge in [-0.2, -0.15) is 0 Å². The van der Waals surface area contributed by atoms with Crippen LogP contribution in [0.25, 0.3) is 0 Å². The molecule has 0 aromatic rings. The van der Waals surface area contributed by atoms with Crippen molar-refractivity contribution in [2.45, 2.75) is 76.2 Å². The molecule has 19 heavy (non-hydrogen) atoms. The minimum atomic E-state index is 0.409. The molecule has 5 unspecified atom stereocenters. The molecule has 0 aromatic heterocycles. The molecule has 0 aliphatic carbocycles. The van der Waals surface area contributed by atoms with Crippen molar-refractivity contribution >= 4 is 0 Å². The van der Waals surface area contributed by atoms with E-state index >= 15 is 0 Å². The van der Waals surface area contributed by atoms with E-state index in [1.807, 2.05) is 0 Å². The van der Waals surface area contributed by atoms with Crippen LogP contribution in [0.1, 0.15) is 76.2 Å². The number of rotatable bonds is 7. The summed E-state index contributed by atoms with van der Waals surface area (Å²) in [4.78, 5) is 0. The van der Waals surface area contributed by atoms with Crippen LogP contribution in [0.15, 0.2) is 0 Å². The largest absolute Gasteiger partial charge is 0.0625 e. The van der Waals surface area contributed by atoms with Crippen molar-refractivity contribution in [2.75, 3.05) is 0 Å². The van der Waals surface area contributed by atoms with Crippen LogP contribution in [0.3, 0.4) is 0 Å². The fraction of sp³-hybridized carbons (Fsp3) is 1.00. The van der Waals surface area contributed by atoms with Gasteiger partial charge in [0.2, 0.25) is 0 Å². The highest BCUT2D eigenvalue weighted by molar-refractivity contribution is 4.88. The molecule has 0 N–H and O–H groups in total. The molecular formula is C19H40. The summed E-state index contributed by atoms with van der Waals surface area (Å²) in [5, 5.41) is 0. The van der Waals surface area contributed by atoms with Crippen molar-refractivity contribution in [1.82, 2.24) is 0 Å². The van der Waals surface area contributed by atoms with E-state index in [2.05, 4.69) is 76.2 Å². The molecule has 0 amide bonds. The van der Waals surface area contributed by atoms with Crippen LogP contribution in [0, 0.1) is 46.8 Å². The van der Waals surface area contributed by atoms with Gasteiger partial charge in [0.25, 0.3) is 0 Å². The Labute approximate surface area is 123 Å². The zero-order valence-corrected chi connectivity index (χ0v) is 15.5. The molecule has 0 radical (unpaired) electrons. The quantitative estimate of drug-likeness (QED) is 0.494. The number of hydrogen-bond donors (Lipinski definition) is 0. The topological polar surface area (TPSA) is 0 Å². The summed E-state index contributed by atoms with van der Waals surface area (Å²) in [6.45, 7) is 26.7. The van der Waals surface area contributed by atoms with Gasteiger partial charge in [-0.05, 0) is 46.8 Å². The van der Waals surface area contributed by atoms with E-state index in [1.54, 1.807) is 0 Å². The van der Waals surface area contributed by atoms with Gasteiger partial charge in [0.05, 0.1) is 0 Å². The van der Waals surface area contributed by atoms with Crippen molar-refractivity contribution < 1.29 is 0 Å². The summed E-state index contributed by atoms with van der Waals surface area (Å²) in [6, 6.07) is 0. The Morgan fingerprint density at radius 2 is 0.789 bits per heavy atom. The number of hydrogen-bond acceptors (Lipinski definition) is 0. The third-order valence-corrected chi connectivity index (χ3v) is 6.86. The van der Waals surface area contributed by atoms with Gasteiger partial charge in [-0.25, -0.2) is 0 Å². The van der Waals surface area contributed by atoms with Gasteiger partial charge in [0.1, 0.15) is 0 Å². The van der Waals surface area contributed by atoms with Crippen LogP contribution in [-0.4, -0.2) is 0 Å². The van der Waals surface area contributed by atoms with Gasteiger partial charge >= 0.3 is 0 Å². The van der Waals surface area contributed by atoms with Crippen LogP contribution in [0.2, 0.25) is 0 Å². The molecule has 0 heterocycles. The van der Waals surface area contributed by atoms with Gasteiger partial charge in [-0.1, -0.05) is 76.2 Å².